The van der Waals surface area contributed by atoms with Crippen molar-refractivity contribution in [3.63, 3.8) is 0 Å². The number of guanidine groups is 1. The molecule has 7 heteroatoms. The Kier molecular flexibility index (Phi) is 8.31. The molecule has 1 aliphatic rings. The van der Waals surface area contributed by atoms with Crippen LogP contribution in [0.1, 0.15) is 24.0 Å². The molecule has 0 spiro atoms. The van der Waals surface area contributed by atoms with Crippen molar-refractivity contribution >= 4 is 40.8 Å². The molecule has 0 unspecified atom stereocenters. The molecule has 0 amide bonds. The van der Waals surface area contributed by atoms with Gasteiger partial charge in [0.05, 0.1) is 0 Å². The first-order valence-electron chi connectivity index (χ1n) is 10.5. The maximum Gasteiger partial charge on any atom is 0.191 e. The lowest BCUT2D eigenvalue weighted by Gasteiger charge is -2.38. The normalized spacial score (nSPS) is 16.0. The Morgan fingerprint density at radius 3 is 2.58 bits per heavy atom. The van der Waals surface area contributed by atoms with Crippen LogP contribution >= 0.6 is 24.0 Å². The number of rotatable bonds is 6. The highest BCUT2D eigenvalue weighted by Gasteiger charge is 2.34. The fraction of sp³-hybridized carbons (Fsp3) is 0.375. The Bertz CT molecular complexity index is 996. The summed E-state index contributed by atoms with van der Waals surface area (Å²) in [6.45, 7) is 2.94. The van der Waals surface area contributed by atoms with Crippen LogP contribution in [0, 0.1) is 5.82 Å². The second-order valence-electron chi connectivity index (χ2n) is 7.86. The second-order valence-corrected chi connectivity index (χ2v) is 7.86. The zero-order chi connectivity index (χ0) is 20.8. The molecule has 2 heterocycles. The summed E-state index contributed by atoms with van der Waals surface area (Å²) in [5, 5.41) is 8.18. The standard InChI is InChI=1S/C24H29FN4O.HI/c1-26-23(27-13-10-18-16-28-22-5-3-2-4-21(18)22)29-17-24(11-14-30-15-12-24)19-6-8-20(25)9-7-19;/h2-9,16,28H,10-15,17H2,1H3,(H2,26,27,29);1H. The molecule has 0 saturated carbocycles. The first-order valence-corrected chi connectivity index (χ1v) is 10.5. The molecule has 1 fully saturated rings. The van der Waals surface area contributed by atoms with E-state index in [2.05, 4.69) is 45.0 Å². The predicted octanol–water partition coefficient (Wildman–Crippen LogP) is 4.38. The smallest absolute Gasteiger partial charge is 0.191 e. The Morgan fingerprint density at radius 1 is 1.10 bits per heavy atom. The molecule has 0 atom stereocenters. The maximum absolute atomic E-state index is 13.4. The number of nitrogens with zero attached hydrogens (tertiary/aromatic N) is 1. The lowest BCUT2D eigenvalue weighted by molar-refractivity contribution is 0.0513. The molecule has 0 bridgehead atoms. The van der Waals surface area contributed by atoms with Crippen LogP contribution in [-0.2, 0) is 16.6 Å². The Labute approximate surface area is 199 Å². The fourth-order valence-corrected chi connectivity index (χ4v) is 4.26. The predicted molar refractivity (Wildman–Crippen MR) is 135 cm³/mol. The second kappa shape index (κ2) is 10.9. The van der Waals surface area contributed by atoms with E-state index in [1.54, 1.807) is 19.2 Å². The molecule has 0 aliphatic carbocycles. The number of fused-ring (bicyclic) bond motifs is 1. The van der Waals surface area contributed by atoms with E-state index in [-0.39, 0.29) is 35.2 Å². The average molecular weight is 536 g/mol. The molecular weight excluding hydrogens is 506 g/mol. The van der Waals surface area contributed by atoms with Crippen LogP contribution < -0.4 is 10.6 Å². The van der Waals surface area contributed by atoms with Gasteiger partial charge < -0.3 is 20.4 Å². The number of ether oxygens (including phenoxy) is 1. The summed E-state index contributed by atoms with van der Waals surface area (Å²) < 4.78 is 19.0. The molecular formula is C24H30FIN4O. The number of para-hydroxylation sites is 1. The number of hydrogen-bond acceptors (Lipinski definition) is 2. The van der Waals surface area contributed by atoms with E-state index in [1.807, 2.05) is 18.2 Å². The summed E-state index contributed by atoms with van der Waals surface area (Å²) >= 11 is 0. The molecule has 2 aromatic carbocycles. The van der Waals surface area contributed by atoms with Crippen LogP contribution in [-0.4, -0.2) is 44.3 Å². The number of nitrogens with one attached hydrogen (secondary N) is 3. The number of hydrogen-bond donors (Lipinski definition) is 3. The Balaban J connectivity index is 0.00000272. The maximum atomic E-state index is 13.4. The minimum Gasteiger partial charge on any atom is -0.381 e. The monoisotopic (exact) mass is 536 g/mol. The molecule has 1 aliphatic heterocycles. The molecule has 0 radical (unpaired) electrons. The van der Waals surface area contributed by atoms with Gasteiger partial charge in [0.1, 0.15) is 5.82 Å². The van der Waals surface area contributed by atoms with Gasteiger partial charge in [-0.25, -0.2) is 4.39 Å². The van der Waals surface area contributed by atoms with Gasteiger partial charge in [-0.05, 0) is 48.6 Å². The summed E-state index contributed by atoms with van der Waals surface area (Å²) in [5.41, 5.74) is 3.52. The van der Waals surface area contributed by atoms with Crippen LogP contribution in [0.15, 0.2) is 59.7 Å². The summed E-state index contributed by atoms with van der Waals surface area (Å²) in [7, 11) is 1.79. The topological polar surface area (TPSA) is 61.4 Å². The van der Waals surface area contributed by atoms with Crippen LogP contribution in [0.25, 0.3) is 10.9 Å². The molecule has 5 nitrogen and oxygen atoms in total. The molecule has 1 aromatic heterocycles. The number of aromatic amines is 1. The van der Waals surface area contributed by atoms with Crippen LogP contribution in [0.3, 0.4) is 0 Å². The van der Waals surface area contributed by atoms with Gasteiger partial charge in [-0.2, -0.15) is 0 Å². The minimum atomic E-state index is -0.205. The van der Waals surface area contributed by atoms with E-state index in [0.29, 0.717) is 13.2 Å². The molecule has 1 saturated heterocycles. The largest absolute Gasteiger partial charge is 0.381 e. The summed E-state index contributed by atoms with van der Waals surface area (Å²) in [4.78, 5) is 7.71. The number of aliphatic imine (C=N–C) groups is 1. The summed E-state index contributed by atoms with van der Waals surface area (Å²) in [6.07, 6.45) is 4.78. The zero-order valence-electron chi connectivity index (χ0n) is 17.8. The van der Waals surface area contributed by atoms with Gasteiger partial charge in [-0.15, -0.1) is 24.0 Å². The number of benzene rings is 2. The first-order chi connectivity index (χ1) is 14.7. The Morgan fingerprint density at radius 2 is 1.84 bits per heavy atom. The Hall–Kier alpha value is -2.13. The molecule has 3 aromatic rings. The van der Waals surface area contributed by atoms with Gasteiger partial charge in [0, 0.05) is 55.9 Å². The highest BCUT2D eigenvalue weighted by Crippen LogP contribution is 2.34. The number of aromatic nitrogens is 1. The van der Waals surface area contributed by atoms with Crippen molar-refractivity contribution in [2.24, 2.45) is 4.99 Å². The van der Waals surface area contributed by atoms with Crippen molar-refractivity contribution < 1.29 is 9.13 Å². The van der Waals surface area contributed by atoms with Crippen LogP contribution in [0.2, 0.25) is 0 Å². The summed E-state index contributed by atoms with van der Waals surface area (Å²) in [5.74, 6) is 0.575. The highest BCUT2D eigenvalue weighted by molar-refractivity contribution is 14.0. The van der Waals surface area contributed by atoms with E-state index >= 15 is 0 Å². The SMILES string of the molecule is CN=C(NCCc1c[nH]c2ccccc12)NCC1(c2ccc(F)cc2)CCOCC1.I. The molecule has 166 valence electrons. The molecule has 31 heavy (non-hydrogen) atoms. The van der Waals surface area contributed by atoms with Crippen LogP contribution in [0.4, 0.5) is 4.39 Å². The van der Waals surface area contributed by atoms with Crippen molar-refractivity contribution in [2.45, 2.75) is 24.7 Å². The third-order valence-electron chi connectivity index (χ3n) is 6.09. The van der Waals surface area contributed by atoms with Crippen LogP contribution in [0.5, 0.6) is 0 Å². The third-order valence-corrected chi connectivity index (χ3v) is 6.09. The van der Waals surface area contributed by atoms with E-state index in [0.717, 1.165) is 49.4 Å². The quantitative estimate of drug-likeness (QED) is 0.249. The van der Waals surface area contributed by atoms with Crippen molar-refractivity contribution in [2.75, 3.05) is 33.4 Å². The number of H-pyrrole nitrogens is 1. The van der Waals surface area contributed by atoms with Gasteiger partial charge in [-0.1, -0.05) is 30.3 Å². The van der Waals surface area contributed by atoms with E-state index in [4.69, 9.17) is 4.74 Å². The van der Waals surface area contributed by atoms with Gasteiger partial charge in [0.15, 0.2) is 5.96 Å². The zero-order valence-corrected chi connectivity index (χ0v) is 20.1. The van der Waals surface area contributed by atoms with E-state index in [9.17, 15) is 4.39 Å². The molecule has 4 rings (SSSR count). The van der Waals surface area contributed by atoms with Crippen molar-refractivity contribution in [1.82, 2.24) is 15.6 Å². The lowest BCUT2D eigenvalue weighted by atomic mass is 9.74. The fourth-order valence-electron chi connectivity index (χ4n) is 4.26. The lowest BCUT2D eigenvalue weighted by Crippen LogP contribution is -2.48. The third kappa shape index (κ3) is 5.57. The van der Waals surface area contributed by atoms with Crippen molar-refractivity contribution in [3.05, 3.63) is 71.7 Å². The van der Waals surface area contributed by atoms with Gasteiger partial charge in [0.2, 0.25) is 0 Å². The van der Waals surface area contributed by atoms with Crippen molar-refractivity contribution in [1.29, 1.82) is 0 Å². The van der Waals surface area contributed by atoms with E-state index in [1.165, 1.54) is 10.9 Å². The van der Waals surface area contributed by atoms with E-state index < -0.39 is 0 Å². The molecule has 3 N–H and O–H groups in total. The van der Waals surface area contributed by atoms with Gasteiger partial charge >= 0.3 is 0 Å². The average Bonchev–Trinajstić information content (AvgIpc) is 3.20. The van der Waals surface area contributed by atoms with Crippen molar-refractivity contribution in [3.8, 4) is 0 Å². The minimum absolute atomic E-state index is 0. The van der Waals surface area contributed by atoms with Gasteiger partial charge in [-0.3, -0.25) is 4.99 Å². The summed E-state index contributed by atoms with van der Waals surface area (Å²) in [6, 6.07) is 15.2. The first kappa shape index (κ1) is 23.5. The number of halogens is 2. The highest BCUT2D eigenvalue weighted by atomic mass is 127. The van der Waals surface area contributed by atoms with Gasteiger partial charge in [0.25, 0.3) is 0 Å².